The normalized spacial score (nSPS) is 11.5. The van der Waals surface area contributed by atoms with Gasteiger partial charge in [0.05, 0.1) is 21.5 Å². The van der Waals surface area contributed by atoms with E-state index in [-0.39, 0.29) is 5.39 Å². The van der Waals surface area contributed by atoms with Gasteiger partial charge in [0.15, 0.2) is 6.61 Å². The van der Waals surface area contributed by atoms with Crippen LogP contribution in [0.3, 0.4) is 0 Å². The molecule has 9 heteroatoms. The average molecular weight is 358 g/mol. The summed E-state index contributed by atoms with van der Waals surface area (Å²) in [7, 11) is 0. The van der Waals surface area contributed by atoms with Crippen LogP contribution in [-0.4, -0.2) is 27.9 Å². The lowest BCUT2D eigenvalue weighted by atomic mass is 10.2. The Morgan fingerprint density at radius 1 is 1.28 bits per heavy atom. The second kappa shape index (κ2) is 7.14. The van der Waals surface area contributed by atoms with Crippen molar-refractivity contribution in [1.82, 2.24) is 9.66 Å². The molecule has 0 fully saturated rings. The molecular weight excluding hydrogens is 344 g/mol. The number of hydrogen-bond acceptors (Lipinski definition) is 6. The maximum absolute atomic E-state index is 12.3. The minimum Gasteiger partial charge on any atom is -0.385 e. The molecule has 1 aromatic carbocycles. The highest BCUT2D eigenvalue weighted by Gasteiger charge is 2.10. The molecule has 25 heavy (non-hydrogen) atoms. The van der Waals surface area contributed by atoms with Crippen molar-refractivity contribution in [2.45, 2.75) is 6.92 Å². The van der Waals surface area contributed by atoms with Gasteiger partial charge in [0.25, 0.3) is 11.5 Å². The van der Waals surface area contributed by atoms with Crippen molar-refractivity contribution >= 4 is 33.9 Å². The van der Waals surface area contributed by atoms with Crippen LogP contribution in [0.25, 0.3) is 10.9 Å². The molecule has 0 unspecified atom stereocenters. The Bertz CT molecular complexity index is 1050. The van der Waals surface area contributed by atoms with E-state index in [1.165, 1.54) is 11.3 Å². The Kier molecular flexibility index (Phi) is 4.75. The zero-order valence-corrected chi connectivity index (χ0v) is 14.0. The van der Waals surface area contributed by atoms with E-state index in [0.717, 1.165) is 4.88 Å². The summed E-state index contributed by atoms with van der Waals surface area (Å²) in [6, 6.07) is 10.3. The highest BCUT2D eigenvalue weighted by molar-refractivity contribution is 7.12. The Morgan fingerprint density at radius 3 is 2.84 bits per heavy atom. The van der Waals surface area contributed by atoms with Crippen LogP contribution >= 0.6 is 11.3 Å². The highest BCUT2D eigenvalue weighted by Crippen LogP contribution is 2.09. The van der Waals surface area contributed by atoms with E-state index in [9.17, 15) is 14.4 Å². The van der Waals surface area contributed by atoms with E-state index in [4.69, 9.17) is 4.84 Å². The van der Waals surface area contributed by atoms with E-state index in [0.29, 0.717) is 15.9 Å². The van der Waals surface area contributed by atoms with Crippen LogP contribution in [0, 0.1) is 0 Å². The van der Waals surface area contributed by atoms with Crippen LogP contribution in [0.2, 0.25) is 0 Å². The first-order valence-corrected chi connectivity index (χ1v) is 8.18. The molecule has 2 aromatic heterocycles. The fraction of sp³-hybridized carbons (Fsp3) is 0.125. The lowest BCUT2D eigenvalue weighted by molar-refractivity contribution is -0.121. The third-order valence-corrected chi connectivity index (χ3v) is 4.30. The Balaban J connectivity index is 1.71. The molecular formula is C16H14N4O4S. The Morgan fingerprint density at radius 2 is 2.08 bits per heavy atom. The molecule has 1 amide bonds. The van der Waals surface area contributed by atoms with Crippen LogP contribution in [0.5, 0.6) is 0 Å². The van der Waals surface area contributed by atoms with Crippen molar-refractivity contribution < 1.29 is 9.63 Å². The van der Waals surface area contributed by atoms with Crippen molar-refractivity contribution in [1.29, 1.82) is 0 Å². The summed E-state index contributed by atoms with van der Waals surface area (Å²) in [6.45, 7) is 1.32. The van der Waals surface area contributed by atoms with Crippen molar-refractivity contribution in [2.75, 3.05) is 12.0 Å². The molecule has 0 saturated carbocycles. The van der Waals surface area contributed by atoms with Crippen LogP contribution in [0.4, 0.5) is 0 Å². The van der Waals surface area contributed by atoms with Gasteiger partial charge in [0.2, 0.25) is 0 Å². The van der Waals surface area contributed by atoms with Crippen LogP contribution in [0.15, 0.2) is 56.5 Å². The molecule has 0 aliphatic carbocycles. The number of oxime groups is 1. The third kappa shape index (κ3) is 3.66. The molecule has 0 atom stereocenters. The fourth-order valence-corrected chi connectivity index (χ4v) is 2.81. The van der Waals surface area contributed by atoms with Gasteiger partial charge in [-0.15, -0.1) is 11.3 Å². The first-order chi connectivity index (χ1) is 12.1. The first-order valence-electron chi connectivity index (χ1n) is 7.30. The minimum atomic E-state index is -0.740. The number of para-hydroxylation sites is 1. The lowest BCUT2D eigenvalue weighted by Gasteiger charge is -2.07. The topological polar surface area (TPSA) is 106 Å². The molecule has 2 N–H and O–H groups in total. The molecule has 0 aliphatic heterocycles. The van der Waals surface area contributed by atoms with E-state index < -0.39 is 23.8 Å². The van der Waals surface area contributed by atoms with Gasteiger partial charge in [0, 0.05) is 0 Å². The Labute approximate surface area is 145 Å². The number of thiophene rings is 1. The number of H-pyrrole nitrogens is 1. The predicted molar refractivity (Wildman–Crippen MR) is 95.7 cm³/mol. The SMILES string of the molecule is C/C(=N\OCC(=O)Nn1c(=O)[nH]c2ccccc2c1=O)c1cccs1. The smallest absolute Gasteiger partial charge is 0.348 e. The first kappa shape index (κ1) is 16.7. The van der Waals surface area contributed by atoms with Crippen molar-refractivity contribution in [3.8, 4) is 0 Å². The summed E-state index contributed by atoms with van der Waals surface area (Å²) in [5.74, 6) is -0.675. The molecule has 3 rings (SSSR count). The van der Waals surface area contributed by atoms with Gasteiger partial charge in [-0.2, -0.15) is 4.68 Å². The number of aromatic nitrogens is 2. The van der Waals surface area contributed by atoms with Gasteiger partial charge in [0.1, 0.15) is 0 Å². The predicted octanol–water partition coefficient (Wildman–Crippen LogP) is 1.26. The number of nitrogens with zero attached hydrogens (tertiary/aromatic N) is 2. The van der Waals surface area contributed by atoms with E-state index >= 15 is 0 Å². The number of aromatic amines is 1. The number of benzene rings is 1. The monoisotopic (exact) mass is 358 g/mol. The zero-order valence-electron chi connectivity index (χ0n) is 13.2. The molecule has 0 spiro atoms. The number of nitrogens with one attached hydrogen (secondary N) is 2. The third-order valence-electron chi connectivity index (χ3n) is 3.32. The summed E-state index contributed by atoms with van der Waals surface area (Å²) in [5.41, 5.74) is 1.88. The van der Waals surface area contributed by atoms with E-state index in [1.54, 1.807) is 31.2 Å². The highest BCUT2D eigenvalue weighted by atomic mass is 32.1. The van der Waals surface area contributed by atoms with Gasteiger partial charge in [-0.05, 0) is 30.5 Å². The zero-order chi connectivity index (χ0) is 17.8. The number of rotatable bonds is 5. The summed E-state index contributed by atoms with van der Waals surface area (Å²) in [5, 5.41) is 6.03. The number of carbonyl (C=O) groups excluding carboxylic acids is 1. The summed E-state index contributed by atoms with van der Waals surface area (Å²) < 4.78 is 0.615. The van der Waals surface area contributed by atoms with Gasteiger partial charge >= 0.3 is 5.69 Å². The molecule has 2 heterocycles. The fourth-order valence-electron chi connectivity index (χ4n) is 2.14. The van der Waals surface area contributed by atoms with Crippen LogP contribution in [0.1, 0.15) is 11.8 Å². The maximum Gasteiger partial charge on any atom is 0.348 e. The lowest BCUT2D eigenvalue weighted by Crippen LogP contribution is -2.44. The summed E-state index contributed by atoms with van der Waals surface area (Å²) in [4.78, 5) is 44.6. The standard InChI is InChI=1S/C16H14N4O4S/c1-10(13-7-4-8-25-13)19-24-9-14(21)18-20-15(22)11-5-2-3-6-12(11)17-16(20)23/h2-8H,9H2,1H3,(H,17,23)(H,18,21)/b19-10+. The van der Waals surface area contributed by atoms with Crippen molar-refractivity contribution in [2.24, 2.45) is 5.16 Å². The molecule has 3 aromatic rings. The van der Waals surface area contributed by atoms with Gasteiger partial charge < -0.3 is 9.82 Å². The molecule has 8 nitrogen and oxygen atoms in total. The number of fused-ring (bicyclic) bond motifs is 1. The maximum atomic E-state index is 12.3. The van der Waals surface area contributed by atoms with Crippen LogP contribution < -0.4 is 16.7 Å². The molecule has 0 bridgehead atoms. The van der Waals surface area contributed by atoms with Crippen molar-refractivity contribution in [3.63, 3.8) is 0 Å². The van der Waals surface area contributed by atoms with Crippen molar-refractivity contribution in [3.05, 3.63) is 67.5 Å². The number of amides is 1. The second-order valence-electron chi connectivity index (χ2n) is 5.08. The number of carbonyl (C=O) groups is 1. The van der Waals surface area contributed by atoms with Crippen LogP contribution in [-0.2, 0) is 9.63 Å². The van der Waals surface area contributed by atoms with Gasteiger partial charge in [-0.1, -0.05) is 23.4 Å². The minimum absolute atomic E-state index is 0.287. The molecule has 128 valence electrons. The Hall–Kier alpha value is -3.20. The quantitative estimate of drug-likeness (QED) is 0.529. The molecule has 0 radical (unpaired) electrons. The van der Waals surface area contributed by atoms with Gasteiger partial charge in [-0.3, -0.25) is 15.0 Å². The van der Waals surface area contributed by atoms with E-state index in [1.807, 2.05) is 17.5 Å². The summed E-state index contributed by atoms with van der Waals surface area (Å²) >= 11 is 1.50. The second-order valence-corrected chi connectivity index (χ2v) is 6.03. The largest absolute Gasteiger partial charge is 0.385 e. The molecule has 0 aliphatic rings. The van der Waals surface area contributed by atoms with Gasteiger partial charge in [-0.25, -0.2) is 4.79 Å². The number of hydrogen-bond donors (Lipinski definition) is 2. The summed E-state index contributed by atoms with van der Waals surface area (Å²) in [6.07, 6.45) is 0. The molecule has 0 saturated heterocycles. The van der Waals surface area contributed by atoms with E-state index in [2.05, 4.69) is 15.6 Å². The average Bonchev–Trinajstić information content (AvgIpc) is 3.13.